The highest BCUT2D eigenvalue weighted by atomic mass is 28.3. The fourth-order valence-electron chi connectivity index (χ4n) is 10.6. The number of anilines is 3. The largest absolute Gasteiger partial charge is 0.497 e. The summed E-state index contributed by atoms with van der Waals surface area (Å²) in [6.45, 7) is 14.7. The van der Waals surface area contributed by atoms with Crippen LogP contribution in [0.3, 0.4) is 0 Å². The van der Waals surface area contributed by atoms with E-state index in [-0.39, 0.29) is 48.5 Å². The van der Waals surface area contributed by atoms with Crippen molar-refractivity contribution in [2.24, 2.45) is 5.92 Å². The third kappa shape index (κ3) is 8.54. The molecule has 14 heteroatoms. The van der Waals surface area contributed by atoms with Crippen molar-refractivity contribution in [2.45, 2.75) is 88.4 Å². The summed E-state index contributed by atoms with van der Waals surface area (Å²) in [6, 6.07) is 29.3. The van der Waals surface area contributed by atoms with Crippen LogP contribution in [0.1, 0.15) is 61.4 Å². The number of aryl methyl sites for hydroxylation is 1. The average molecular weight is 899 g/mol. The van der Waals surface area contributed by atoms with E-state index < -0.39 is 19.7 Å². The number of ether oxygens (including phenoxy) is 3. The average Bonchev–Trinajstić information content (AvgIpc) is 3.98. The predicted octanol–water partition coefficient (Wildman–Crippen LogP) is 6.60. The van der Waals surface area contributed by atoms with Crippen molar-refractivity contribution >= 4 is 42.1 Å². The van der Waals surface area contributed by atoms with E-state index >= 15 is 4.79 Å². The van der Waals surface area contributed by atoms with Crippen LogP contribution in [0.5, 0.6) is 11.5 Å². The van der Waals surface area contributed by atoms with E-state index in [9.17, 15) is 15.0 Å². The first-order valence-corrected chi connectivity index (χ1v) is 26.0. The van der Waals surface area contributed by atoms with Crippen molar-refractivity contribution < 1.29 is 34.0 Å². The zero-order valence-electron chi connectivity index (χ0n) is 38.2. The van der Waals surface area contributed by atoms with Crippen LogP contribution in [0.15, 0.2) is 110 Å². The minimum absolute atomic E-state index is 0.0423. The second-order valence-electron chi connectivity index (χ2n) is 17.9. The van der Waals surface area contributed by atoms with Crippen molar-refractivity contribution in [1.29, 1.82) is 0 Å². The van der Waals surface area contributed by atoms with Crippen LogP contribution in [0.25, 0.3) is 0 Å². The van der Waals surface area contributed by atoms with Crippen molar-refractivity contribution in [3.8, 4) is 11.5 Å². The maximum Gasteiger partial charge on any atom is 0.264 e. The number of hydrogen-bond donors (Lipinski definition) is 3. The van der Waals surface area contributed by atoms with Crippen molar-refractivity contribution in [3.63, 3.8) is 0 Å². The summed E-state index contributed by atoms with van der Waals surface area (Å²) in [7, 11) is -0.823. The summed E-state index contributed by atoms with van der Waals surface area (Å²) in [5.74, 6) is 0.674. The van der Waals surface area contributed by atoms with Gasteiger partial charge in [-0.25, -0.2) is 0 Å². The van der Waals surface area contributed by atoms with Crippen LogP contribution in [0.2, 0.25) is 18.6 Å². The normalized spacial score (nSPS) is 22.0. The molecule has 65 heavy (non-hydrogen) atoms. The number of fused-ring (bicyclic) bond motifs is 3. The minimum atomic E-state index is -2.49. The number of aliphatic hydroxyl groups excluding tert-OH is 2. The number of carbonyl (C=O) groups excluding carboxylic acids is 2. The van der Waals surface area contributed by atoms with E-state index in [4.69, 9.17) is 14.2 Å². The van der Waals surface area contributed by atoms with Gasteiger partial charge in [-0.2, -0.15) is 0 Å². The fraction of sp³-hybridized carbons (Fsp3) is 0.412. The standard InChI is InChI=1S/C51H62N6O7Si/c1-7-26-56-46-22-16-37(57-45-23-19-39(63-8-2)29-36(45)30-43(49(57)60)52-25-12-13-28-58)31-42(46)51(50(56)61)34(3)48(65(5,6)40-20-17-38(62-4)18-21-40)47(64-51)24-27-55-32-44(53-54-55)41(33-59)35-14-10-9-11-15-35/h7,9-11,14-23,29,31-32,34,41,43,47-48,52,58-59H,1,8,12-13,24-28,30,33H2,2-6H3/t34-,41?,43?,47+,48-,51+/m0/s1. The second kappa shape index (κ2) is 19.4. The van der Waals surface area contributed by atoms with E-state index in [1.165, 1.54) is 5.19 Å². The van der Waals surface area contributed by atoms with Gasteiger partial charge in [-0.05, 0) is 104 Å². The van der Waals surface area contributed by atoms with E-state index in [0.717, 1.165) is 46.0 Å². The van der Waals surface area contributed by atoms with Gasteiger partial charge in [-0.3, -0.25) is 19.2 Å². The monoisotopic (exact) mass is 898 g/mol. The van der Waals surface area contributed by atoms with Gasteiger partial charge in [0, 0.05) is 43.1 Å². The number of rotatable bonds is 19. The van der Waals surface area contributed by atoms with Gasteiger partial charge in [0.15, 0.2) is 5.60 Å². The van der Waals surface area contributed by atoms with Crippen LogP contribution < -0.4 is 29.8 Å². The van der Waals surface area contributed by atoms with Gasteiger partial charge in [0.2, 0.25) is 5.91 Å². The van der Waals surface area contributed by atoms with Gasteiger partial charge in [-0.15, -0.1) is 11.7 Å². The number of aliphatic hydroxyl groups is 2. The van der Waals surface area contributed by atoms with Gasteiger partial charge < -0.3 is 34.6 Å². The third-order valence-electron chi connectivity index (χ3n) is 13.9. The minimum Gasteiger partial charge on any atom is -0.497 e. The first-order valence-electron chi connectivity index (χ1n) is 22.9. The Balaban J connectivity index is 1.20. The molecular weight excluding hydrogens is 837 g/mol. The Morgan fingerprint density at radius 3 is 2.46 bits per heavy atom. The Morgan fingerprint density at radius 2 is 1.75 bits per heavy atom. The number of benzene rings is 4. The Kier molecular flexibility index (Phi) is 13.7. The molecule has 3 N–H and O–H groups in total. The first-order chi connectivity index (χ1) is 31.5. The molecule has 6 atom stereocenters. The Bertz CT molecular complexity index is 2480. The van der Waals surface area contributed by atoms with Gasteiger partial charge in [0.25, 0.3) is 5.91 Å². The molecule has 13 nitrogen and oxygen atoms in total. The van der Waals surface area contributed by atoms with Crippen LogP contribution in [0.4, 0.5) is 17.1 Å². The number of amides is 2. The molecule has 0 radical (unpaired) electrons. The molecule has 0 bridgehead atoms. The molecule has 5 aromatic rings. The van der Waals surface area contributed by atoms with Crippen LogP contribution >= 0.6 is 0 Å². The summed E-state index contributed by atoms with van der Waals surface area (Å²) in [6.07, 6.45) is 5.68. The molecule has 4 heterocycles. The van der Waals surface area contributed by atoms with Gasteiger partial charge >= 0.3 is 0 Å². The predicted molar refractivity (Wildman–Crippen MR) is 255 cm³/mol. The molecular formula is C51H62N6O7Si. The van der Waals surface area contributed by atoms with Gasteiger partial charge in [-0.1, -0.05) is 79.0 Å². The fourth-order valence-corrected chi connectivity index (χ4v) is 14.7. The SMILES string of the molecule is C=CCN1C(=O)[C@]2(O[C@H](CCn3cc(C(CO)c4ccccc4)nn3)[C@@H]([Si](C)(C)c3ccc(OC)cc3)[C@@H]2C)c2cc(N3C(=O)C(NCCCCO)Cc4cc(OCC)ccc43)ccc21. The van der Waals surface area contributed by atoms with E-state index in [1.807, 2.05) is 96.7 Å². The lowest BCUT2D eigenvalue weighted by Crippen LogP contribution is -2.52. The lowest BCUT2D eigenvalue weighted by Gasteiger charge is -2.37. The maximum absolute atomic E-state index is 15.4. The topological polar surface area (TPSA) is 152 Å². The van der Waals surface area contributed by atoms with E-state index in [1.54, 1.807) is 23.0 Å². The van der Waals surface area contributed by atoms with Crippen molar-refractivity contribution in [1.82, 2.24) is 20.3 Å². The van der Waals surface area contributed by atoms with E-state index in [2.05, 4.69) is 54.4 Å². The number of nitrogens with one attached hydrogen (secondary N) is 1. The summed E-state index contributed by atoms with van der Waals surface area (Å²) in [4.78, 5) is 33.6. The molecule has 3 aliphatic heterocycles. The highest BCUT2D eigenvalue weighted by Crippen LogP contribution is 2.60. The van der Waals surface area contributed by atoms with Gasteiger partial charge in [0.05, 0.1) is 63.5 Å². The molecule has 0 aliphatic carbocycles. The molecule has 1 fully saturated rings. The summed E-state index contributed by atoms with van der Waals surface area (Å²) >= 11 is 0. The Labute approximate surface area is 383 Å². The van der Waals surface area contributed by atoms with Gasteiger partial charge in [0.1, 0.15) is 11.5 Å². The molecule has 2 amide bonds. The molecule has 0 saturated carbocycles. The maximum atomic E-state index is 15.4. The summed E-state index contributed by atoms with van der Waals surface area (Å²) in [5, 5.41) is 33.5. The number of aromatic nitrogens is 3. The van der Waals surface area contributed by atoms with E-state index in [0.29, 0.717) is 56.9 Å². The molecule has 1 saturated heterocycles. The molecule has 8 rings (SSSR count). The van der Waals surface area contributed by atoms with Crippen LogP contribution in [-0.4, -0.2) is 97.3 Å². The highest BCUT2D eigenvalue weighted by Gasteiger charge is 2.66. The lowest BCUT2D eigenvalue weighted by atomic mass is 9.82. The number of nitrogens with zero attached hydrogens (tertiary/aromatic N) is 5. The van der Waals surface area contributed by atoms with Crippen molar-refractivity contribution in [2.75, 3.05) is 49.8 Å². The number of carbonyl (C=O) groups is 2. The zero-order chi connectivity index (χ0) is 45.9. The molecule has 3 aliphatic rings. The Hall–Kier alpha value is -5.64. The molecule has 2 unspecified atom stereocenters. The first kappa shape index (κ1) is 45.9. The third-order valence-corrected chi connectivity index (χ3v) is 18.2. The molecule has 342 valence electrons. The number of hydrogen-bond acceptors (Lipinski definition) is 10. The van der Waals surface area contributed by atoms with Crippen LogP contribution in [0, 0.1) is 5.92 Å². The smallest absolute Gasteiger partial charge is 0.264 e. The van der Waals surface area contributed by atoms with Crippen molar-refractivity contribution in [3.05, 3.63) is 132 Å². The molecule has 1 spiro atoms. The number of unbranched alkanes of at least 4 members (excludes halogenated alkanes) is 1. The summed E-state index contributed by atoms with van der Waals surface area (Å²) in [5.41, 5.74) is 4.07. The second-order valence-corrected chi connectivity index (χ2v) is 22.6. The zero-order valence-corrected chi connectivity index (χ0v) is 39.2. The highest BCUT2D eigenvalue weighted by molar-refractivity contribution is 6.91. The van der Waals surface area contributed by atoms with Crippen LogP contribution in [-0.2, 0) is 32.9 Å². The molecule has 4 aromatic carbocycles. The summed E-state index contributed by atoms with van der Waals surface area (Å²) < 4.78 is 20.8. The Morgan fingerprint density at radius 1 is 1.00 bits per heavy atom. The quantitative estimate of drug-likeness (QED) is 0.0470. The lowest BCUT2D eigenvalue weighted by molar-refractivity contribution is -0.145. The molecule has 1 aromatic heterocycles. The number of methoxy groups -OCH3 is 1.